The molecule has 25 heavy (non-hydrogen) atoms. The molecule has 0 saturated heterocycles. The van der Waals surface area contributed by atoms with E-state index < -0.39 is 12.1 Å². The van der Waals surface area contributed by atoms with Gasteiger partial charge in [-0.3, -0.25) is 4.79 Å². The van der Waals surface area contributed by atoms with Crippen LogP contribution in [0.4, 0.5) is 5.69 Å². The van der Waals surface area contributed by atoms with Crippen molar-refractivity contribution in [2.45, 2.75) is 12.5 Å². The fourth-order valence-electron chi connectivity index (χ4n) is 2.74. The molecule has 0 N–H and O–H groups in total. The van der Waals surface area contributed by atoms with E-state index in [9.17, 15) is 9.59 Å². The average Bonchev–Trinajstić information content (AvgIpc) is 2.67. The van der Waals surface area contributed by atoms with Crippen LogP contribution in [0, 0.1) is 0 Å². The molecule has 1 aliphatic heterocycles. The van der Waals surface area contributed by atoms with Crippen molar-refractivity contribution in [3.8, 4) is 11.5 Å². The summed E-state index contributed by atoms with van der Waals surface area (Å²) in [5.74, 6) is 0.609. The number of carbonyl (C=O) groups excluding carboxylic acids is 2. The van der Waals surface area contributed by atoms with Crippen molar-refractivity contribution in [3.05, 3.63) is 54.1 Å². The number of carbonyl (C=O) groups is 2. The zero-order valence-electron chi connectivity index (χ0n) is 14.1. The van der Waals surface area contributed by atoms with Crippen molar-refractivity contribution >= 4 is 17.6 Å². The lowest BCUT2D eigenvalue weighted by Crippen LogP contribution is -2.48. The summed E-state index contributed by atoms with van der Waals surface area (Å²) >= 11 is 0. The fraction of sp³-hybridized carbons (Fsp3) is 0.263. The average molecular weight is 341 g/mol. The van der Waals surface area contributed by atoms with Gasteiger partial charge in [-0.1, -0.05) is 24.3 Å². The van der Waals surface area contributed by atoms with Crippen molar-refractivity contribution in [1.29, 1.82) is 0 Å². The smallest absolute Gasteiger partial charge is 0.348 e. The first-order valence-electron chi connectivity index (χ1n) is 7.89. The lowest BCUT2D eigenvalue weighted by Gasteiger charge is -2.33. The minimum Gasteiger partial charge on any atom is -0.497 e. The third kappa shape index (κ3) is 3.57. The Morgan fingerprint density at radius 3 is 2.52 bits per heavy atom. The second-order valence-corrected chi connectivity index (χ2v) is 5.63. The van der Waals surface area contributed by atoms with E-state index in [1.54, 1.807) is 30.2 Å². The van der Waals surface area contributed by atoms with Gasteiger partial charge >= 0.3 is 5.97 Å². The zero-order valence-corrected chi connectivity index (χ0v) is 14.1. The minimum absolute atomic E-state index is 0.116. The van der Waals surface area contributed by atoms with E-state index in [2.05, 4.69) is 0 Å². The molecule has 0 aromatic heterocycles. The summed E-state index contributed by atoms with van der Waals surface area (Å²) in [5, 5.41) is 0. The number of anilines is 1. The maximum absolute atomic E-state index is 12.8. The molecular formula is C19H19NO5. The molecule has 2 aromatic rings. The quantitative estimate of drug-likeness (QED) is 0.798. The van der Waals surface area contributed by atoms with Crippen molar-refractivity contribution in [2.75, 3.05) is 25.7 Å². The van der Waals surface area contributed by atoms with E-state index >= 15 is 0 Å². The number of fused-ring (bicyclic) bond motifs is 1. The summed E-state index contributed by atoms with van der Waals surface area (Å²) in [6.45, 7) is 0.124. The second-order valence-electron chi connectivity index (χ2n) is 5.63. The van der Waals surface area contributed by atoms with Gasteiger partial charge in [-0.05, 0) is 29.8 Å². The van der Waals surface area contributed by atoms with Gasteiger partial charge in [-0.15, -0.1) is 0 Å². The molecule has 1 heterocycles. The predicted octanol–water partition coefficient (Wildman–Crippen LogP) is 2.20. The number of hydrogen-bond donors (Lipinski definition) is 0. The van der Waals surface area contributed by atoms with Gasteiger partial charge in [0.15, 0.2) is 0 Å². The molecule has 6 heteroatoms. The van der Waals surface area contributed by atoms with E-state index in [4.69, 9.17) is 14.2 Å². The number of para-hydroxylation sites is 2. The molecule has 0 aliphatic carbocycles. The van der Waals surface area contributed by atoms with E-state index in [0.29, 0.717) is 11.4 Å². The Labute approximate surface area is 145 Å². The fourth-order valence-corrected chi connectivity index (χ4v) is 2.74. The monoisotopic (exact) mass is 341 g/mol. The Kier molecular flexibility index (Phi) is 4.88. The highest BCUT2D eigenvalue weighted by Crippen LogP contribution is 2.33. The summed E-state index contributed by atoms with van der Waals surface area (Å²) < 4.78 is 15.5. The summed E-state index contributed by atoms with van der Waals surface area (Å²) in [6, 6.07) is 14.5. The van der Waals surface area contributed by atoms with Gasteiger partial charge in [-0.2, -0.15) is 0 Å². The van der Waals surface area contributed by atoms with Gasteiger partial charge in [0.2, 0.25) is 12.0 Å². The molecule has 1 amide bonds. The molecule has 130 valence electrons. The summed E-state index contributed by atoms with van der Waals surface area (Å²) in [6.07, 6.45) is -0.619. The van der Waals surface area contributed by atoms with Gasteiger partial charge in [0.25, 0.3) is 0 Å². The highest BCUT2D eigenvalue weighted by molar-refractivity contribution is 5.97. The minimum atomic E-state index is -0.834. The third-order valence-electron chi connectivity index (χ3n) is 4.05. The largest absolute Gasteiger partial charge is 0.497 e. The molecule has 2 aromatic carbocycles. The van der Waals surface area contributed by atoms with Crippen LogP contribution in [0.15, 0.2) is 48.5 Å². The first-order valence-corrected chi connectivity index (χ1v) is 7.89. The van der Waals surface area contributed by atoms with Crippen LogP contribution in [0.5, 0.6) is 11.5 Å². The molecule has 0 radical (unpaired) electrons. The summed E-state index contributed by atoms with van der Waals surface area (Å²) in [5.41, 5.74) is 1.52. The van der Waals surface area contributed by atoms with Crippen LogP contribution in [-0.4, -0.2) is 38.7 Å². The zero-order chi connectivity index (χ0) is 17.8. The summed E-state index contributed by atoms with van der Waals surface area (Å²) in [4.78, 5) is 26.3. The lowest BCUT2D eigenvalue weighted by atomic mass is 10.1. The van der Waals surface area contributed by atoms with Crippen LogP contribution in [0.3, 0.4) is 0 Å². The third-order valence-corrected chi connectivity index (χ3v) is 4.05. The Morgan fingerprint density at radius 1 is 1.12 bits per heavy atom. The van der Waals surface area contributed by atoms with Crippen LogP contribution in [0.2, 0.25) is 0 Å². The Hall–Kier alpha value is -3.02. The van der Waals surface area contributed by atoms with Gasteiger partial charge in [-0.25, -0.2) is 4.79 Å². The number of amides is 1. The number of esters is 1. The molecular weight excluding hydrogens is 322 g/mol. The lowest BCUT2D eigenvalue weighted by molar-refractivity contribution is -0.148. The van der Waals surface area contributed by atoms with E-state index in [1.165, 1.54) is 7.11 Å². The van der Waals surface area contributed by atoms with Gasteiger partial charge in [0, 0.05) is 0 Å². The van der Waals surface area contributed by atoms with Crippen molar-refractivity contribution < 1.29 is 23.8 Å². The van der Waals surface area contributed by atoms with E-state index in [-0.39, 0.29) is 18.9 Å². The standard InChI is InChI=1S/C19H19NO5/c1-23-14-9-7-13(8-10-14)11-18(21)20-12-17(19(22)24-2)25-16-6-4-3-5-15(16)20/h3-10,17H,11-12H2,1-2H3. The Bertz CT molecular complexity index is 772. The predicted molar refractivity (Wildman–Crippen MR) is 91.9 cm³/mol. The number of nitrogens with zero attached hydrogens (tertiary/aromatic N) is 1. The molecule has 1 aliphatic rings. The number of rotatable bonds is 4. The van der Waals surface area contributed by atoms with Gasteiger partial charge in [0.05, 0.1) is 32.9 Å². The van der Waals surface area contributed by atoms with E-state index in [1.807, 2.05) is 30.3 Å². The number of hydrogen-bond acceptors (Lipinski definition) is 5. The molecule has 0 spiro atoms. The highest BCUT2D eigenvalue weighted by atomic mass is 16.6. The van der Waals surface area contributed by atoms with Crippen LogP contribution in [0.1, 0.15) is 5.56 Å². The number of methoxy groups -OCH3 is 2. The van der Waals surface area contributed by atoms with Crippen LogP contribution >= 0.6 is 0 Å². The molecule has 3 rings (SSSR count). The Balaban J connectivity index is 1.83. The van der Waals surface area contributed by atoms with Crippen LogP contribution in [-0.2, 0) is 20.7 Å². The van der Waals surface area contributed by atoms with Gasteiger partial charge in [0.1, 0.15) is 11.5 Å². The molecule has 1 unspecified atom stereocenters. The van der Waals surface area contributed by atoms with Gasteiger partial charge < -0.3 is 19.1 Å². The summed E-state index contributed by atoms with van der Waals surface area (Å²) in [7, 11) is 2.90. The first-order chi connectivity index (χ1) is 12.1. The molecule has 6 nitrogen and oxygen atoms in total. The number of ether oxygens (including phenoxy) is 3. The normalized spacial score (nSPS) is 15.8. The molecule has 0 saturated carbocycles. The van der Waals surface area contributed by atoms with Crippen molar-refractivity contribution in [2.24, 2.45) is 0 Å². The Morgan fingerprint density at radius 2 is 1.84 bits per heavy atom. The molecule has 0 bridgehead atoms. The SMILES string of the molecule is COC(=O)C1CN(C(=O)Cc2ccc(OC)cc2)c2ccccc2O1. The van der Waals surface area contributed by atoms with Crippen LogP contribution in [0.25, 0.3) is 0 Å². The molecule has 1 atom stereocenters. The van der Waals surface area contributed by atoms with E-state index in [0.717, 1.165) is 11.3 Å². The second kappa shape index (κ2) is 7.25. The van der Waals surface area contributed by atoms with Crippen LogP contribution < -0.4 is 14.4 Å². The first kappa shape index (κ1) is 16.8. The van der Waals surface area contributed by atoms with Crippen molar-refractivity contribution in [1.82, 2.24) is 0 Å². The molecule has 0 fully saturated rings. The number of benzene rings is 2. The highest BCUT2D eigenvalue weighted by Gasteiger charge is 2.34. The van der Waals surface area contributed by atoms with Crippen molar-refractivity contribution in [3.63, 3.8) is 0 Å². The maximum atomic E-state index is 12.8. The topological polar surface area (TPSA) is 65.1 Å². The maximum Gasteiger partial charge on any atom is 0.348 e.